The van der Waals surface area contributed by atoms with E-state index in [1.54, 1.807) is 0 Å². The molecular formula is C68H34BClF20FeN4-3. The van der Waals surface area contributed by atoms with Crippen molar-refractivity contribution in [2.45, 2.75) is 0 Å². The van der Waals surface area contributed by atoms with Gasteiger partial charge in [0.2, 0.25) is 0 Å². The Labute approximate surface area is 531 Å². The molecule has 0 unspecified atom stereocenters. The first-order valence-corrected chi connectivity index (χ1v) is 29.3. The van der Waals surface area contributed by atoms with Crippen LogP contribution in [0.3, 0.4) is 0 Å². The molecule has 95 heavy (non-hydrogen) atoms. The third-order valence-corrected chi connectivity index (χ3v) is 20.2. The van der Waals surface area contributed by atoms with Crippen LogP contribution in [0.4, 0.5) is 87.8 Å². The van der Waals surface area contributed by atoms with Crippen molar-refractivity contribution in [3.63, 3.8) is 0 Å². The predicted molar refractivity (Wildman–Crippen MR) is 312 cm³/mol. The van der Waals surface area contributed by atoms with Gasteiger partial charge < -0.3 is 22.4 Å². The second kappa shape index (κ2) is 27.0. The number of nitrogens with zero attached hydrogens (tertiary/aromatic N) is 2. The van der Waals surface area contributed by atoms with Crippen LogP contribution in [0.25, 0.3) is 46.4 Å². The van der Waals surface area contributed by atoms with Crippen LogP contribution in [0.2, 0.25) is 0 Å². The molecule has 0 saturated carbocycles. The average molecular weight is 1390 g/mol. The molecule has 2 aliphatic rings. The monoisotopic (exact) mass is 1390 g/mol. The van der Waals surface area contributed by atoms with Crippen LogP contribution in [0.5, 0.6) is 0 Å². The first-order chi connectivity index (χ1) is 44.9. The van der Waals surface area contributed by atoms with Crippen LogP contribution < -0.4 is 52.1 Å². The molecule has 0 aliphatic carbocycles. The Hall–Kier alpha value is -10.2. The molecular weight excluding hydrogens is 1350 g/mol. The summed E-state index contributed by atoms with van der Waals surface area (Å²) < 4.78 is 300. The number of rotatable bonds is 8. The van der Waals surface area contributed by atoms with Crippen molar-refractivity contribution in [2.24, 2.45) is 0 Å². The van der Waals surface area contributed by atoms with Gasteiger partial charge in [0.05, 0.1) is 22.8 Å². The van der Waals surface area contributed by atoms with Crippen molar-refractivity contribution < 1.29 is 113 Å². The summed E-state index contributed by atoms with van der Waals surface area (Å²) in [5.41, 5.74) is -6.47. The van der Waals surface area contributed by atoms with Gasteiger partial charge in [0.15, 0.2) is 69.8 Å². The normalized spacial score (nSPS) is 12.0. The first-order valence-electron chi connectivity index (χ1n) is 27.1. The van der Waals surface area contributed by atoms with E-state index < -0.39 is 157 Å². The maximum atomic E-state index is 15.4. The standard InChI is InChI=1S/C24BF20.C20H14N4.4C6H5.ClH.Fe/c26-5-1(6(27)14(35)21(42)13(5)34)25(2-7(28)15(36)22(43)16(37)8(2)29,3-9(30)17(38)23(44)18(39)10(3)31)4-11(32)19(40)24(45)20(41)12(4)33;1-2-14-10-16-5-6-18(23-16)12-20-8-7-19(24-20)11-17-4-3-15(22-17)9-13(1)21-14;4*1-2-4-6-5-3-1;;/h;1-12,21,24H;4*1-5H;1H;/q-1;;;;;;;-1/p-1. The molecule has 0 radical (unpaired) electrons. The van der Waals surface area contributed by atoms with Crippen molar-refractivity contribution >= 4 is 92.2 Å². The zero-order chi connectivity index (χ0) is 67.2. The Morgan fingerprint density at radius 2 is 0.400 bits per heavy atom. The van der Waals surface area contributed by atoms with Crippen LogP contribution in [0.15, 0.2) is 170 Å². The Morgan fingerprint density at radius 3 is 0.579 bits per heavy atom. The molecule has 0 fully saturated rings. The van der Waals surface area contributed by atoms with E-state index in [9.17, 15) is 52.7 Å². The fraction of sp³-hybridized carbons (Fsp3) is 0. The molecule has 0 amide bonds. The van der Waals surface area contributed by atoms with Gasteiger partial charge in [0, 0.05) is 22.1 Å². The van der Waals surface area contributed by atoms with Gasteiger partial charge in [-0.25, -0.2) is 97.8 Å². The number of H-pyrrole nitrogens is 2. The van der Waals surface area contributed by atoms with Crippen molar-refractivity contribution in [1.29, 1.82) is 0 Å². The summed E-state index contributed by atoms with van der Waals surface area (Å²) in [6, 6.07) is 60.3. The number of fused-ring (bicyclic) bond motifs is 8. The molecule has 4 nitrogen and oxygen atoms in total. The van der Waals surface area contributed by atoms with Crippen LogP contribution >= 0.6 is 0 Å². The van der Waals surface area contributed by atoms with Crippen LogP contribution in [0.1, 0.15) is 22.8 Å². The SMILES string of the molecule is C1=Cc2cc3ccc(cc4nc(cc5ccc(cc1n2)[nH]5)C=C4)[nH]3.Fc1c(F)c(F)c([B-](c2c(F)c(F)c(F)c(F)c2F)(c2c(F)c(F)c(F)c(F)c2F)c2c(F)c(F)c(F)c(F)c2F)c(F)c1F.[Cl-].c1cc[c]([Fe-]([c]2ccccc2)([c]2ccccc2)[c]2ccccc2)cc1. The summed E-state index contributed by atoms with van der Waals surface area (Å²) in [4.78, 5) is 16.0. The molecule has 0 saturated heterocycles. The second-order valence-electron chi connectivity index (χ2n) is 20.4. The van der Waals surface area contributed by atoms with Crippen LogP contribution in [-0.2, 0) is 12.8 Å². The Morgan fingerprint density at radius 1 is 0.232 bits per heavy atom. The molecule has 8 bridgehead atoms. The third-order valence-electron chi connectivity index (χ3n) is 14.9. The topological polar surface area (TPSA) is 57.4 Å². The molecule has 487 valence electrons. The minimum atomic E-state index is -7.22. The van der Waals surface area contributed by atoms with Crippen LogP contribution in [0, 0.1) is 116 Å². The van der Waals surface area contributed by atoms with E-state index in [2.05, 4.69) is 166 Å². The van der Waals surface area contributed by atoms with Gasteiger partial charge in [-0.3, -0.25) is 0 Å². The Bertz CT molecular complexity index is 4320. The maximum absolute atomic E-state index is 15.4. The number of hydrogen-bond donors (Lipinski definition) is 2. The van der Waals surface area contributed by atoms with Gasteiger partial charge in [0.1, 0.15) is 52.7 Å². The number of benzene rings is 8. The quantitative estimate of drug-likeness (QED) is 0.0689. The molecule has 0 spiro atoms. The van der Waals surface area contributed by atoms with E-state index in [0.29, 0.717) is 0 Å². The van der Waals surface area contributed by atoms with Gasteiger partial charge in [0.25, 0.3) is 0 Å². The van der Waals surface area contributed by atoms with Gasteiger partial charge in [-0.05, 0) is 72.8 Å². The zero-order valence-electron chi connectivity index (χ0n) is 47.2. The van der Waals surface area contributed by atoms with E-state index >= 15 is 35.1 Å². The van der Waals surface area contributed by atoms with Gasteiger partial charge in [-0.15, -0.1) is 21.9 Å². The molecule has 8 aromatic carbocycles. The fourth-order valence-corrected chi connectivity index (χ4v) is 16.1. The third kappa shape index (κ3) is 11.8. The van der Waals surface area contributed by atoms with E-state index in [1.807, 2.05) is 48.6 Å². The Kier molecular flexibility index (Phi) is 19.3. The van der Waals surface area contributed by atoms with Crippen LogP contribution in [-0.4, -0.2) is 26.1 Å². The molecule has 2 N–H and O–H groups in total. The second-order valence-corrected chi connectivity index (χ2v) is 24.6. The number of aromatic amines is 2. The van der Waals surface area contributed by atoms with Gasteiger partial charge in [-0.1, -0.05) is 0 Å². The molecule has 2 aliphatic heterocycles. The molecule has 11 aromatic rings. The van der Waals surface area contributed by atoms with Crippen molar-refractivity contribution in [3.05, 3.63) is 309 Å². The summed E-state index contributed by atoms with van der Waals surface area (Å²) >= 11 is -2.10. The number of nitrogens with one attached hydrogen (secondary N) is 2. The number of aromatic nitrogens is 4. The summed E-state index contributed by atoms with van der Waals surface area (Å²) in [6.45, 7) is 0. The van der Waals surface area contributed by atoms with E-state index in [4.69, 9.17) is 0 Å². The van der Waals surface area contributed by atoms with E-state index in [0.717, 1.165) is 44.8 Å². The molecule has 3 aromatic heterocycles. The van der Waals surface area contributed by atoms with E-state index in [1.165, 1.54) is 17.8 Å². The molecule has 13 rings (SSSR count). The number of hydrogen-bond acceptors (Lipinski definition) is 2. The van der Waals surface area contributed by atoms with Crippen molar-refractivity contribution in [1.82, 2.24) is 19.9 Å². The Balaban J connectivity index is 0.000000166. The summed E-state index contributed by atoms with van der Waals surface area (Å²) in [6.07, 6.45) is 0.873. The molecule has 0 atom stereocenters. The zero-order valence-corrected chi connectivity index (χ0v) is 49.1. The average Bonchev–Trinajstić information content (AvgIpc) is 1.11. The number of halogens is 21. The fourth-order valence-electron chi connectivity index (χ4n) is 10.9. The minimum absolute atomic E-state index is 0. The predicted octanol–water partition coefficient (Wildman–Crippen LogP) is 10.9. The summed E-state index contributed by atoms with van der Waals surface area (Å²) in [7, 11) is 0. The summed E-state index contributed by atoms with van der Waals surface area (Å²) in [5, 5.41) is 0. The van der Waals surface area contributed by atoms with Gasteiger partial charge in [-0.2, -0.15) is 0 Å². The first kappa shape index (κ1) is 67.7. The van der Waals surface area contributed by atoms with Crippen molar-refractivity contribution in [2.75, 3.05) is 0 Å². The van der Waals surface area contributed by atoms with Gasteiger partial charge >= 0.3 is 152 Å². The van der Waals surface area contributed by atoms with E-state index in [-0.39, 0.29) is 12.4 Å². The van der Waals surface area contributed by atoms with Crippen molar-refractivity contribution in [3.8, 4) is 0 Å². The molecule has 5 heterocycles. The summed E-state index contributed by atoms with van der Waals surface area (Å²) in [5.74, 6) is -71.4. The molecule has 27 heteroatoms.